The van der Waals surface area contributed by atoms with Gasteiger partial charge in [-0.05, 0) is 19.1 Å². The summed E-state index contributed by atoms with van der Waals surface area (Å²) < 4.78 is 5.58. The number of primary amides is 1. The number of nitrogens with two attached hydrogens (primary N) is 2. The number of amides is 1. The van der Waals surface area contributed by atoms with E-state index >= 15 is 0 Å². The first-order chi connectivity index (χ1) is 8.58. The Balaban J connectivity index is 2.15. The van der Waals surface area contributed by atoms with Gasteiger partial charge in [-0.3, -0.25) is 4.79 Å². The standard InChI is InChI=1S/C12H18N4O2/c1-8(13)10-7-16(5-6-18-10)11-4-2-3-9(15-11)12(14)17/h2-4,8,10H,5-7,13H2,1H3,(H2,14,17). The fraction of sp³-hybridized carbons (Fsp3) is 0.500. The van der Waals surface area contributed by atoms with Crippen LogP contribution in [0.2, 0.25) is 0 Å². The molecule has 0 aromatic carbocycles. The van der Waals surface area contributed by atoms with Crippen molar-refractivity contribution in [3.05, 3.63) is 23.9 Å². The smallest absolute Gasteiger partial charge is 0.267 e. The Kier molecular flexibility index (Phi) is 3.78. The number of hydrogen-bond donors (Lipinski definition) is 2. The van der Waals surface area contributed by atoms with Gasteiger partial charge < -0.3 is 21.1 Å². The second-order valence-corrected chi connectivity index (χ2v) is 4.46. The number of anilines is 1. The van der Waals surface area contributed by atoms with Crippen molar-refractivity contribution < 1.29 is 9.53 Å². The number of carbonyl (C=O) groups excluding carboxylic acids is 1. The first kappa shape index (κ1) is 12.8. The Hall–Kier alpha value is -1.66. The Morgan fingerprint density at radius 1 is 1.61 bits per heavy atom. The fourth-order valence-corrected chi connectivity index (χ4v) is 1.94. The van der Waals surface area contributed by atoms with Crippen molar-refractivity contribution in [3.63, 3.8) is 0 Å². The summed E-state index contributed by atoms with van der Waals surface area (Å²) in [5, 5.41) is 0. The lowest BCUT2D eigenvalue weighted by Crippen LogP contribution is -2.49. The van der Waals surface area contributed by atoms with Gasteiger partial charge in [0.15, 0.2) is 0 Å². The van der Waals surface area contributed by atoms with E-state index in [0.29, 0.717) is 13.2 Å². The van der Waals surface area contributed by atoms with Crippen molar-refractivity contribution in [2.75, 3.05) is 24.6 Å². The maximum Gasteiger partial charge on any atom is 0.267 e. The van der Waals surface area contributed by atoms with Gasteiger partial charge in [0.25, 0.3) is 5.91 Å². The zero-order chi connectivity index (χ0) is 13.1. The Morgan fingerprint density at radius 3 is 3.06 bits per heavy atom. The summed E-state index contributed by atoms with van der Waals surface area (Å²) >= 11 is 0. The zero-order valence-corrected chi connectivity index (χ0v) is 10.4. The van der Waals surface area contributed by atoms with E-state index in [0.717, 1.165) is 12.4 Å². The molecule has 1 saturated heterocycles. The molecule has 6 heteroatoms. The zero-order valence-electron chi connectivity index (χ0n) is 10.4. The van der Waals surface area contributed by atoms with E-state index in [1.807, 2.05) is 13.0 Å². The molecular weight excluding hydrogens is 232 g/mol. The molecule has 2 rings (SSSR count). The van der Waals surface area contributed by atoms with E-state index in [-0.39, 0.29) is 17.8 Å². The Bertz CT molecular complexity index is 436. The van der Waals surface area contributed by atoms with Crippen LogP contribution in [-0.4, -0.2) is 42.7 Å². The number of ether oxygens (including phenoxy) is 1. The molecule has 1 fully saturated rings. The number of morpholine rings is 1. The molecule has 0 saturated carbocycles. The SMILES string of the molecule is CC(N)C1CN(c2cccc(C(N)=O)n2)CCO1. The fourth-order valence-electron chi connectivity index (χ4n) is 1.94. The van der Waals surface area contributed by atoms with Crippen molar-refractivity contribution in [3.8, 4) is 0 Å². The van der Waals surface area contributed by atoms with Gasteiger partial charge in [0, 0.05) is 19.1 Å². The van der Waals surface area contributed by atoms with E-state index in [1.54, 1.807) is 12.1 Å². The van der Waals surface area contributed by atoms with Gasteiger partial charge in [-0.1, -0.05) is 6.07 Å². The molecule has 1 amide bonds. The molecule has 0 spiro atoms. The molecule has 6 nitrogen and oxygen atoms in total. The number of carbonyl (C=O) groups is 1. The molecule has 1 aliphatic rings. The quantitative estimate of drug-likeness (QED) is 0.770. The largest absolute Gasteiger partial charge is 0.373 e. The summed E-state index contributed by atoms with van der Waals surface area (Å²) in [5.41, 5.74) is 11.3. The van der Waals surface area contributed by atoms with Crippen LogP contribution in [0.3, 0.4) is 0 Å². The second-order valence-electron chi connectivity index (χ2n) is 4.46. The molecular formula is C12H18N4O2. The predicted octanol–water partition coefficient (Wildman–Crippen LogP) is -0.267. The summed E-state index contributed by atoms with van der Waals surface area (Å²) in [5.74, 6) is 0.217. The highest BCUT2D eigenvalue weighted by Gasteiger charge is 2.24. The first-order valence-corrected chi connectivity index (χ1v) is 5.97. The minimum Gasteiger partial charge on any atom is -0.373 e. The maximum atomic E-state index is 11.1. The molecule has 1 aromatic rings. The van der Waals surface area contributed by atoms with E-state index in [1.165, 1.54) is 0 Å². The van der Waals surface area contributed by atoms with Gasteiger partial charge in [0.1, 0.15) is 11.5 Å². The van der Waals surface area contributed by atoms with Gasteiger partial charge in [-0.15, -0.1) is 0 Å². The highest BCUT2D eigenvalue weighted by atomic mass is 16.5. The average Bonchev–Trinajstić information content (AvgIpc) is 2.39. The molecule has 2 unspecified atom stereocenters. The van der Waals surface area contributed by atoms with Crippen molar-refractivity contribution in [1.29, 1.82) is 0 Å². The molecule has 1 aliphatic heterocycles. The number of pyridine rings is 1. The molecule has 2 heterocycles. The monoisotopic (exact) mass is 250 g/mol. The van der Waals surface area contributed by atoms with Crippen LogP contribution in [0.1, 0.15) is 17.4 Å². The average molecular weight is 250 g/mol. The highest BCUT2D eigenvalue weighted by Crippen LogP contribution is 2.16. The number of aromatic nitrogens is 1. The van der Waals surface area contributed by atoms with Gasteiger partial charge in [-0.2, -0.15) is 0 Å². The van der Waals surface area contributed by atoms with Gasteiger partial charge in [0.2, 0.25) is 0 Å². The highest BCUT2D eigenvalue weighted by molar-refractivity contribution is 5.91. The normalized spacial score (nSPS) is 21.7. The van der Waals surface area contributed by atoms with Crippen LogP contribution in [-0.2, 0) is 4.74 Å². The summed E-state index contributed by atoms with van der Waals surface area (Å²) in [6, 6.07) is 5.21. The lowest BCUT2D eigenvalue weighted by molar-refractivity contribution is 0.0273. The van der Waals surface area contributed by atoms with Crippen molar-refractivity contribution >= 4 is 11.7 Å². The van der Waals surface area contributed by atoms with Crippen molar-refractivity contribution in [1.82, 2.24) is 4.98 Å². The van der Waals surface area contributed by atoms with Gasteiger partial charge in [0.05, 0.1) is 12.7 Å². The predicted molar refractivity (Wildman–Crippen MR) is 68.4 cm³/mol. The number of nitrogens with zero attached hydrogens (tertiary/aromatic N) is 2. The van der Waals surface area contributed by atoms with Crippen LogP contribution in [0, 0.1) is 0 Å². The minimum atomic E-state index is -0.520. The molecule has 98 valence electrons. The minimum absolute atomic E-state index is 0.0159. The summed E-state index contributed by atoms with van der Waals surface area (Å²) in [6.07, 6.45) is -0.0159. The van der Waals surface area contributed by atoms with Crippen LogP contribution in [0.4, 0.5) is 5.82 Å². The number of hydrogen-bond acceptors (Lipinski definition) is 5. The summed E-state index contributed by atoms with van der Waals surface area (Å²) in [4.78, 5) is 17.4. The molecule has 18 heavy (non-hydrogen) atoms. The molecule has 0 aliphatic carbocycles. The number of rotatable bonds is 3. The van der Waals surface area contributed by atoms with E-state index in [2.05, 4.69) is 9.88 Å². The van der Waals surface area contributed by atoms with Crippen LogP contribution in [0.15, 0.2) is 18.2 Å². The van der Waals surface area contributed by atoms with Gasteiger partial charge >= 0.3 is 0 Å². The van der Waals surface area contributed by atoms with Crippen molar-refractivity contribution in [2.24, 2.45) is 11.5 Å². The van der Waals surface area contributed by atoms with Crippen LogP contribution in [0.5, 0.6) is 0 Å². The molecule has 1 aromatic heterocycles. The topological polar surface area (TPSA) is 94.5 Å². The van der Waals surface area contributed by atoms with Crippen LogP contribution < -0.4 is 16.4 Å². The van der Waals surface area contributed by atoms with Crippen molar-refractivity contribution in [2.45, 2.75) is 19.1 Å². The second kappa shape index (κ2) is 5.32. The van der Waals surface area contributed by atoms with Crippen LogP contribution >= 0.6 is 0 Å². The van der Waals surface area contributed by atoms with Crippen LogP contribution in [0.25, 0.3) is 0 Å². The molecule has 0 radical (unpaired) electrons. The van der Waals surface area contributed by atoms with Gasteiger partial charge in [-0.25, -0.2) is 4.98 Å². The molecule has 0 bridgehead atoms. The third-order valence-electron chi connectivity index (χ3n) is 2.99. The lowest BCUT2D eigenvalue weighted by atomic mass is 10.1. The maximum absolute atomic E-state index is 11.1. The molecule has 4 N–H and O–H groups in total. The van der Waals surface area contributed by atoms with E-state index in [9.17, 15) is 4.79 Å². The third-order valence-corrected chi connectivity index (χ3v) is 2.99. The summed E-state index contributed by atoms with van der Waals surface area (Å²) in [7, 11) is 0. The molecule has 2 atom stereocenters. The van der Waals surface area contributed by atoms with E-state index < -0.39 is 5.91 Å². The summed E-state index contributed by atoms with van der Waals surface area (Å²) in [6.45, 7) is 3.93. The lowest BCUT2D eigenvalue weighted by Gasteiger charge is -2.35. The van der Waals surface area contributed by atoms with E-state index in [4.69, 9.17) is 16.2 Å². The first-order valence-electron chi connectivity index (χ1n) is 5.97. The Morgan fingerprint density at radius 2 is 2.39 bits per heavy atom. The third kappa shape index (κ3) is 2.77. The Labute approximate surface area is 106 Å².